The van der Waals surface area contributed by atoms with Gasteiger partial charge in [0, 0.05) is 25.4 Å². The summed E-state index contributed by atoms with van der Waals surface area (Å²) in [6.07, 6.45) is 2.02. The number of rotatable bonds is 5. The number of nitrogens with zero attached hydrogens (tertiary/aromatic N) is 3. The Morgan fingerprint density at radius 2 is 2.06 bits per heavy atom. The van der Waals surface area contributed by atoms with Crippen LogP contribution in [0.5, 0.6) is 0 Å². The van der Waals surface area contributed by atoms with Gasteiger partial charge in [-0.15, -0.1) is 0 Å². The zero-order valence-corrected chi connectivity index (χ0v) is 11.1. The molecule has 0 unspecified atom stereocenters. The van der Waals surface area contributed by atoms with Gasteiger partial charge in [-0.2, -0.15) is 5.10 Å². The molecule has 0 aliphatic carbocycles. The van der Waals surface area contributed by atoms with E-state index in [0.29, 0.717) is 0 Å². The lowest BCUT2D eigenvalue weighted by Gasteiger charge is -2.18. The lowest BCUT2D eigenvalue weighted by Crippen LogP contribution is -2.20. The summed E-state index contributed by atoms with van der Waals surface area (Å²) in [4.78, 5) is 2.16. The van der Waals surface area contributed by atoms with Crippen molar-refractivity contribution < 1.29 is 0 Å². The molecule has 16 heavy (non-hydrogen) atoms. The maximum Gasteiger partial charge on any atom is 0.148 e. The van der Waals surface area contributed by atoms with Crippen molar-refractivity contribution in [1.82, 2.24) is 14.7 Å². The van der Waals surface area contributed by atoms with E-state index >= 15 is 0 Å². The van der Waals surface area contributed by atoms with Crippen molar-refractivity contribution in [3.63, 3.8) is 0 Å². The fraction of sp³-hybridized carbons (Fsp3) is 0.750. The monoisotopic (exact) mass is 224 g/mol. The third kappa shape index (κ3) is 5.16. The van der Waals surface area contributed by atoms with Gasteiger partial charge in [0.15, 0.2) is 0 Å². The molecule has 0 aliphatic rings. The molecule has 1 aromatic heterocycles. The van der Waals surface area contributed by atoms with Crippen molar-refractivity contribution in [2.45, 2.75) is 27.3 Å². The molecule has 4 heteroatoms. The lowest BCUT2D eigenvalue weighted by atomic mass is 9.97. The standard InChI is InChI=1S/C12H24N4/c1-12(2,3)10-13-11-6-7-16(14-11)9-8-15(4)5/h6-7H,8-10H2,1-5H3,(H,13,14). The van der Waals surface area contributed by atoms with E-state index in [4.69, 9.17) is 0 Å². The quantitative estimate of drug-likeness (QED) is 0.829. The molecule has 0 fully saturated rings. The molecule has 0 aromatic carbocycles. The molecule has 0 saturated carbocycles. The van der Waals surface area contributed by atoms with E-state index < -0.39 is 0 Å². The average molecular weight is 224 g/mol. The Morgan fingerprint density at radius 3 is 2.62 bits per heavy atom. The molecule has 0 saturated heterocycles. The van der Waals surface area contributed by atoms with E-state index in [9.17, 15) is 0 Å². The molecule has 1 heterocycles. The molecule has 92 valence electrons. The second-order valence-electron chi connectivity index (χ2n) is 5.68. The van der Waals surface area contributed by atoms with Gasteiger partial charge in [0.25, 0.3) is 0 Å². The van der Waals surface area contributed by atoms with Gasteiger partial charge in [-0.3, -0.25) is 4.68 Å². The van der Waals surface area contributed by atoms with Crippen LogP contribution in [-0.4, -0.2) is 41.9 Å². The first-order chi connectivity index (χ1) is 7.37. The minimum absolute atomic E-state index is 0.285. The van der Waals surface area contributed by atoms with Crippen LogP contribution in [0, 0.1) is 5.41 Å². The van der Waals surface area contributed by atoms with Gasteiger partial charge >= 0.3 is 0 Å². The predicted molar refractivity (Wildman–Crippen MR) is 68.7 cm³/mol. The van der Waals surface area contributed by atoms with Gasteiger partial charge < -0.3 is 10.2 Å². The first-order valence-corrected chi connectivity index (χ1v) is 5.79. The summed E-state index contributed by atoms with van der Waals surface area (Å²) < 4.78 is 1.98. The normalized spacial score (nSPS) is 12.1. The number of nitrogens with one attached hydrogen (secondary N) is 1. The highest BCUT2D eigenvalue weighted by Crippen LogP contribution is 2.13. The van der Waals surface area contributed by atoms with E-state index in [0.717, 1.165) is 25.5 Å². The number of aromatic nitrogens is 2. The number of likely N-dealkylation sites (N-methyl/N-ethyl adjacent to an activating group) is 1. The zero-order valence-electron chi connectivity index (χ0n) is 11.1. The van der Waals surface area contributed by atoms with Crippen molar-refractivity contribution in [2.75, 3.05) is 32.5 Å². The Morgan fingerprint density at radius 1 is 1.38 bits per heavy atom. The maximum atomic E-state index is 4.46. The van der Waals surface area contributed by atoms with Crippen molar-refractivity contribution >= 4 is 5.82 Å². The van der Waals surface area contributed by atoms with E-state index in [-0.39, 0.29) is 5.41 Å². The smallest absolute Gasteiger partial charge is 0.148 e. The molecule has 0 spiro atoms. The van der Waals surface area contributed by atoms with Crippen molar-refractivity contribution in [2.24, 2.45) is 5.41 Å². The second-order valence-corrected chi connectivity index (χ2v) is 5.68. The van der Waals surface area contributed by atoms with Gasteiger partial charge in [0.1, 0.15) is 5.82 Å². The van der Waals surface area contributed by atoms with Gasteiger partial charge in [-0.05, 0) is 19.5 Å². The molecule has 0 aliphatic heterocycles. The fourth-order valence-corrected chi connectivity index (χ4v) is 1.24. The zero-order chi connectivity index (χ0) is 12.2. The highest BCUT2D eigenvalue weighted by molar-refractivity contribution is 5.32. The first kappa shape index (κ1) is 13.0. The number of hydrogen-bond donors (Lipinski definition) is 1. The highest BCUT2D eigenvalue weighted by atomic mass is 15.3. The molecular formula is C12H24N4. The van der Waals surface area contributed by atoms with Crippen molar-refractivity contribution in [3.05, 3.63) is 12.3 Å². The summed E-state index contributed by atoms with van der Waals surface area (Å²) in [5.41, 5.74) is 0.285. The highest BCUT2D eigenvalue weighted by Gasteiger charge is 2.10. The first-order valence-electron chi connectivity index (χ1n) is 5.79. The van der Waals surface area contributed by atoms with Crippen LogP contribution in [0.2, 0.25) is 0 Å². The van der Waals surface area contributed by atoms with E-state index in [2.05, 4.69) is 50.2 Å². The Kier molecular flexibility index (Phi) is 4.35. The van der Waals surface area contributed by atoms with Crippen LogP contribution in [0.3, 0.4) is 0 Å². The van der Waals surface area contributed by atoms with Gasteiger partial charge in [-0.25, -0.2) is 0 Å². The third-order valence-corrected chi connectivity index (χ3v) is 2.22. The molecule has 1 rings (SSSR count). The van der Waals surface area contributed by atoms with Gasteiger partial charge in [-0.1, -0.05) is 20.8 Å². The topological polar surface area (TPSA) is 33.1 Å². The van der Waals surface area contributed by atoms with Crippen LogP contribution >= 0.6 is 0 Å². The van der Waals surface area contributed by atoms with Crippen LogP contribution < -0.4 is 5.32 Å². The summed E-state index contributed by atoms with van der Waals surface area (Å²) in [6, 6.07) is 2.03. The van der Waals surface area contributed by atoms with Gasteiger partial charge in [0.05, 0.1) is 6.54 Å². The summed E-state index contributed by atoms with van der Waals surface area (Å²) in [5.74, 6) is 0.966. The van der Waals surface area contributed by atoms with Crippen LogP contribution in [0.4, 0.5) is 5.82 Å². The van der Waals surface area contributed by atoms with Crippen LogP contribution in [0.1, 0.15) is 20.8 Å². The largest absolute Gasteiger partial charge is 0.368 e. The molecule has 0 radical (unpaired) electrons. The van der Waals surface area contributed by atoms with Crippen LogP contribution in [0.25, 0.3) is 0 Å². The third-order valence-electron chi connectivity index (χ3n) is 2.22. The maximum absolute atomic E-state index is 4.46. The lowest BCUT2D eigenvalue weighted by molar-refractivity contribution is 0.373. The summed E-state index contributed by atoms with van der Waals surface area (Å²) in [7, 11) is 4.14. The summed E-state index contributed by atoms with van der Waals surface area (Å²) in [5, 5.41) is 7.81. The Balaban J connectivity index is 2.39. The number of anilines is 1. The Hall–Kier alpha value is -1.03. The molecule has 0 amide bonds. The Bertz CT molecular complexity index is 309. The fourth-order valence-electron chi connectivity index (χ4n) is 1.24. The molecule has 1 N–H and O–H groups in total. The SMILES string of the molecule is CN(C)CCn1ccc(NCC(C)(C)C)n1. The summed E-state index contributed by atoms with van der Waals surface area (Å²) >= 11 is 0. The average Bonchev–Trinajstić information content (AvgIpc) is 2.58. The van der Waals surface area contributed by atoms with Crippen molar-refractivity contribution in [1.29, 1.82) is 0 Å². The Labute approximate surface area is 98.6 Å². The molecule has 0 atom stereocenters. The second kappa shape index (κ2) is 5.34. The molecule has 0 bridgehead atoms. The van der Waals surface area contributed by atoms with E-state index in [1.807, 2.05) is 16.9 Å². The minimum atomic E-state index is 0.285. The van der Waals surface area contributed by atoms with E-state index in [1.165, 1.54) is 0 Å². The molecule has 4 nitrogen and oxygen atoms in total. The summed E-state index contributed by atoms with van der Waals surface area (Å²) in [6.45, 7) is 9.53. The molecular weight excluding hydrogens is 200 g/mol. The molecule has 1 aromatic rings. The van der Waals surface area contributed by atoms with Crippen LogP contribution in [-0.2, 0) is 6.54 Å². The van der Waals surface area contributed by atoms with Crippen LogP contribution in [0.15, 0.2) is 12.3 Å². The minimum Gasteiger partial charge on any atom is -0.368 e. The van der Waals surface area contributed by atoms with E-state index in [1.54, 1.807) is 0 Å². The van der Waals surface area contributed by atoms with Crippen molar-refractivity contribution in [3.8, 4) is 0 Å². The van der Waals surface area contributed by atoms with Gasteiger partial charge in [0.2, 0.25) is 0 Å². The predicted octanol–water partition coefficient (Wildman–Crippen LogP) is 1.90. The number of hydrogen-bond acceptors (Lipinski definition) is 3.